The molecular weight excluding hydrogens is 122 g/mol. The standard InChI is InChI=1S/C5H7NO3/c6-4(5(8)9)2-1-3-7/h4,7H,3,6H2,(H,8,9). The minimum atomic E-state index is -1.18. The highest BCUT2D eigenvalue weighted by molar-refractivity contribution is 5.76. The van der Waals surface area contributed by atoms with Crippen LogP contribution >= 0.6 is 0 Å². The first-order chi connectivity index (χ1) is 4.18. The fourth-order valence-corrected chi connectivity index (χ4v) is 0.217. The van der Waals surface area contributed by atoms with Crippen molar-refractivity contribution in [1.29, 1.82) is 0 Å². The molecule has 50 valence electrons. The number of hydrogen-bond donors (Lipinski definition) is 3. The number of aliphatic hydroxyl groups is 1. The molecule has 0 saturated heterocycles. The third-order valence-electron chi connectivity index (χ3n) is 0.603. The van der Waals surface area contributed by atoms with Crippen molar-refractivity contribution >= 4 is 5.97 Å². The second kappa shape index (κ2) is 3.89. The molecule has 1 unspecified atom stereocenters. The van der Waals surface area contributed by atoms with Gasteiger partial charge >= 0.3 is 5.97 Å². The monoisotopic (exact) mass is 129 g/mol. The number of nitrogens with two attached hydrogens (primary N) is 1. The van der Waals surface area contributed by atoms with Gasteiger partial charge in [-0.3, -0.25) is 0 Å². The Hall–Kier alpha value is -1.05. The summed E-state index contributed by atoms with van der Waals surface area (Å²) in [7, 11) is 0. The van der Waals surface area contributed by atoms with E-state index in [9.17, 15) is 4.79 Å². The third kappa shape index (κ3) is 3.53. The highest BCUT2D eigenvalue weighted by atomic mass is 16.4. The van der Waals surface area contributed by atoms with Crippen LogP contribution in [0.2, 0.25) is 0 Å². The van der Waals surface area contributed by atoms with Gasteiger partial charge in [0.15, 0.2) is 6.04 Å². The lowest BCUT2D eigenvalue weighted by molar-refractivity contribution is -0.137. The molecule has 4 nitrogen and oxygen atoms in total. The minimum Gasteiger partial charge on any atom is -0.479 e. The minimum absolute atomic E-state index is 0.360. The van der Waals surface area contributed by atoms with Gasteiger partial charge in [0, 0.05) is 0 Å². The molecule has 4 heteroatoms. The molecule has 0 bridgehead atoms. The second-order valence-electron chi connectivity index (χ2n) is 1.30. The summed E-state index contributed by atoms with van der Waals surface area (Å²) in [5.41, 5.74) is 4.92. The van der Waals surface area contributed by atoms with Crippen LogP contribution in [0.15, 0.2) is 0 Å². The fourth-order valence-electron chi connectivity index (χ4n) is 0.217. The van der Waals surface area contributed by atoms with Crippen molar-refractivity contribution in [2.24, 2.45) is 5.73 Å². The van der Waals surface area contributed by atoms with Gasteiger partial charge in [-0.25, -0.2) is 4.79 Å². The highest BCUT2D eigenvalue weighted by Gasteiger charge is 2.04. The van der Waals surface area contributed by atoms with Crippen LogP contribution in [-0.4, -0.2) is 28.8 Å². The molecule has 0 radical (unpaired) electrons. The summed E-state index contributed by atoms with van der Waals surface area (Å²) in [4.78, 5) is 9.90. The summed E-state index contributed by atoms with van der Waals surface area (Å²) in [6, 6.07) is -1.18. The zero-order chi connectivity index (χ0) is 7.28. The van der Waals surface area contributed by atoms with Gasteiger partial charge in [0.05, 0.1) is 0 Å². The van der Waals surface area contributed by atoms with Crippen LogP contribution in [-0.2, 0) is 4.79 Å². The van der Waals surface area contributed by atoms with Crippen molar-refractivity contribution in [3.8, 4) is 11.8 Å². The Morgan fingerprint density at radius 1 is 1.78 bits per heavy atom. The van der Waals surface area contributed by atoms with Crippen LogP contribution in [0.25, 0.3) is 0 Å². The number of aliphatic hydroxyl groups excluding tert-OH is 1. The van der Waals surface area contributed by atoms with Crippen LogP contribution in [0.3, 0.4) is 0 Å². The van der Waals surface area contributed by atoms with Crippen molar-refractivity contribution in [2.45, 2.75) is 6.04 Å². The summed E-state index contributed by atoms with van der Waals surface area (Å²) >= 11 is 0. The predicted octanol–water partition coefficient (Wildman–Crippen LogP) is -1.61. The maximum Gasteiger partial charge on any atom is 0.333 e. The highest BCUT2D eigenvalue weighted by Crippen LogP contribution is 1.71. The summed E-state index contributed by atoms with van der Waals surface area (Å²) < 4.78 is 0. The number of aliphatic carboxylic acids is 1. The van der Waals surface area contributed by atoms with Crippen molar-refractivity contribution in [3.05, 3.63) is 0 Å². The smallest absolute Gasteiger partial charge is 0.333 e. The Morgan fingerprint density at radius 2 is 2.33 bits per heavy atom. The molecule has 0 rings (SSSR count). The number of hydrogen-bond acceptors (Lipinski definition) is 3. The first-order valence-electron chi connectivity index (χ1n) is 2.26. The lowest BCUT2D eigenvalue weighted by Crippen LogP contribution is -2.28. The van der Waals surface area contributed by atoms with Crippen LogP contribution < -0.4 is 5.73 Å². The first-order valence-corrected chi connectivity index (χ1v) is 2.26. The van der Waals surface area contributed by atoms with Gasteiger partial charge in [-0.05, 0) is 0 Å². The van der Waals surface area contributed by atoms with Gasteiger partial charge in [0.1, 0.15) is 6.61 Å². The van der Waals surface area contributed by atoms with Crippen LogP contribution in [0.1, 0.15) is 0 Å². The number of rotatable bonds is 1. The Labute approximate surface area is 52.3 Å². The van der Waals surface area contributed by atoms with Crippen LogP contribution in [0, 0.1) is 11.8 Å². The quantitative estimate of drug-likeness (QED) is 0.372. The first kappa shape index (κ1) is 7.95. The Balaban J connectivity index is 3.75. The Morgan fingerprint density at radius 3 is 2.67 bits per heavy atom. The van der Waals surface area contributed by atoms with E-state index < -0.39 is 12.0 Å². The van der Waals surface area contributed by atoms with E-state index in [4.69, 9.17) is 15.9 Å². The molecule has 1 atom stereocenters. The average molecular weight is 129 g/mol. The number of carboxylic acids is 1. The molecule has 0 aromatic rings. The molecule has 0 saturated carbocycles. The van der Waals surface area contributed by atoms with E-state index >= 15 is 0 Å². The SMILES string of the molecule is NC(C#CCO)C(=O)O. The molecule has 0 amide bonds. The van der Waals surface area contributed by atoms with Gasteiger partial charge in [-0.2, -0.15) is 0 Å². The average Bonchev–Trinajstić information content (AvgIpc) is 1.82. The Kier molecular flexibility index (Phi) is 3.44. The normalized spacial score (nSPS) is 11.3. The van der Waals surface area contributed by atoms with Crippen LogP contribution in [0.4, 0.5) is 0 Å². The van der Waals surface area contributed by atoms with Crippen LogP contribution in [0.5, 0.6) is 0 Å². The van der Waals surface area contributed by atoms with Crippen molar-refractivity contribution in [2.75, 3.05) is 6.61 Å². The molecule has 0 aliphatic rings. The maximum absolute atomic E-state index is 9.90. The zero-order valence-electron chi connectivity index (χ0n) is 4.66. The molecule has 4 N–H and O–H groups in total. The van der Waals surface area contributed by atoms with E-state index in [1.54, 1.807) is 0 Å². The molecule has 0 heterocycles. The second-order valence-corrected chi connectivity index (χ2v) is 1.30. The summed E-state index contributed by atoms with van der Waals surface area (Å²) in [5.74, 6) is 3.05. The number of carboxylic acid groups (broad SMARTS) is 1. The number of carbonyl (C=O) groups is 1. The molecule has 0 aromatic heterocycles. The molecule has 0 fully saturated rings. The van der Waals surface area contributed by atoms with E-state index in [1.165, 1.54) is 0 Å². The molecule has 9 heavy (non-hydrogen) atoms. The maximum atomic E-state index is 9.90. The van der Waals surface area contributed by atoms with Crippen molar-refractivity contribution < 1.29 is 15.0 Å². The molecule has 0 spiro atoms. The fraction of sp³-hybridized carbons (Fsp3) is 0.400. The molecule has 0 aromatic carbocycles. The summed E-state index contributed by atoms with van der Waals surface area (Å²) in [6.45, 7) is -0.360. The Bertz CT molecular complexity index is 155. The van der Waals surface area contributed by atoms with E-state index in [0.29, 0.717) is 0 Å². The van der Waals surface area contributed by atoms with Crippen molar-refractivity contribution in [1.82, 2.24) is 0 Å². The van der Waals surface area contributed by atoms with Gasteiger partial charge in [-0.15, -0.1) is 0 Å². The van der Waals surface area contributed by atoms with Gasteiger partial charge in [0.25, 0.3) is 0 Å². The largest absolute Gasteiger partial charge is 0.479 e. The zero-order valence-corrected chi connectivity index (χ0v) is 4.66. The lowest BCUT2D eigenvalue weighted by Gasteiger charge is -1.91. The molecular formula is C5H7NO3. The lowest BCUT2D eigenvalue weighted by atomic mass is 10.3. The van der Waals surface area contributed by atoms with E-state index in [2.05, 4.69) is 11.8 Å². The third-order valence-corrected chi connectivity index (χ3v) is 0.603. The summed E-state index contributed by atoms with van der Waals surface area (Å²) in [6.07, 6.45) is 0. The van der Waals surface area contributed by atoms with Gasteiger partial charge in [0.2, 0.25) is 0 Å². The molecule has 0 aliphatic carbocycles. The van der Waals surface area contributed by atoms with Gasteiger partial charge < -0.3 is 15.9 Å². The molecule has 0 aliphatic heterocycles. The topological polar surface area (TPSA) is 83.5 Å². The van der Waals surface area contributed by atoms with Crippen molar-refractivity contribution in [3.63, 3.8) is 0 Å². The van der Waals surface area contributed by atoms with E-state index in [-0.39, 0.29) is 6.61 Å². The van der Waals surface area contributed by atoms with Gasteiger partial charge in [-0.1, -0.05) is 11.8 Å². The van der Waals surface area contributed by atoms with E-state index in [0.717, 1.165) is 0 Å². The van der Waals surface area contributed by atoms with E-state index in [1.807, 2.05) is 0 Å². The summed E-state index contributed by atoms with van der Waals surface area (Å²) in [5, 5.41) is 16.2. The predicted molar refractivity (Wildman–Crippen MR) is 30.5 cm³/mol.